The predicted octanol–water partition coefficient (Wildman–Crippen LogP) is 4.19. The van der Waals surface area contributed by atoms with E-state index in [2.05, 4.69) is 5.10 Å². The van der Waals surface area contributed by atoms with Crippen molar-refractivity contribution in [3.63, 3.8) is 0 Å². The van der Waals surface area contributed by atoms with Gasteiger partial charge in [-0.3, -0.25) is 4.79 Å². The summed E-state index contributed by atoms with van der Waals surface area (Å²) in [6, 6.07) is 6.06. The lowest BCUT2D eigenvalue weighted by Gasteiger charge is -2.21. The SMILES string of the molecule is Cc1ccc(-n2ncc(C(=O)N(C)C(C)C)c2C2CC2)cc1Cl. The van der Waals surface area contributed by atoms with Gasteiger partial charge in [-0.05, 0) is 51.3 Å². The third-order valence-corrected chi connectivity index (χ3v) is 4.90. The summed E-state index contributed by atoms with van der Waals surface area (Å²) in [6.45, 7) is 6.00. The fourth-order valence-electron chi connectivity index (χ4n) is 2.62. The van der Waals surface area contributed by atoms with E-state index in [1.165, 1.54) is 0 Å². The third-order valence-electron chi connectivity index (χ3n) is 4.50. The molecule has 1 heterocycles. The van der Waals surface area contributed by atoms with Crippen LogP contribution in [0.15, 0.2) is 24.4 Å². The zero-order chi connectivity index (χ0) is 16.7. The van der Waals surface area contributed by atoms with Crippen molar-refractivity contribution in [2.45, 2.75) is 45.6 Å². The number of nitrogens with zero attached hydrogens (tertiary/aromatic N) is 3. The van der Waals surface area contributed by atoms with E-state index in [0.29, 0.717) is 16.5 Å². The molecule has 1 saturated carbocycles. The third kappa shape index (κ3) is 3.00. The summed E-state index contributed by atoms with van der Waals surface area (Å²) in [6.07, 6.45) is 3.91. The molecule has 0 N–H and O–H groups in total. The van der Waals surface area contributed by atoms with Crippen LogP contribution in [0.1, 0.15) is 54.2 Å². The van der Waals surface area contributed by atoms with Gasteiger partial charge >= 0.3 is 0 Å². The number of hydrogen-bond acceptors (Lipinski definition) is 2. The molecule has 1 aromatic carbocycles. The van der Waals surface area contributed by atoms with Gasteiger partial charge in [0.05, 0.1) is 23.1 Å². The maximum atomic E-state index is 12.8. The van der Waals surface area contributed by atoms with Gasteiger partial charge in [-0.1, -0.05) is 17.7 Å². The lowest BCUT2D eigenvalue weighted by molar-refractivity contribution is 0.0753. The van der Waals surface area contributed by atoms with Crippen LogP contribution in [-0.4, -0.2) is 33.7 Å². The van der Waals surface area contributed by atoms with Crippen LogP contribution in [0.5, 0.6) is 0 Å². The Morgan fingerprint density at radius 2 is 2.09 bits per heavy atom. The molecule has 1 fully saturated rings. The molecule has 0 bridgehead atoms. The summed E-state index contributed by atoms with van der Waals surface area (Å²) in [5.74, 6) is 0.448. The number of halogens is 1. The second-order valence-electron chi connectivity index (χ2n) is 6.57. The number of aryl methyl sites for hydroxylation is 1. The van der Waals surface area contributed by atoms with E-state index >= 15 is 0 Å². The number of hydrogen-bond donors (Lipinski definition) is 0. The van der Waals surface area contributed by atoms with E-state index in [1.54, 1.807) is 11.1 Å². The molecule has 3 rings (SSSR count). The van der Waals surface area contributed by atoms with Crippen LogP contribution in [0.2, 0.25) is 5.02 Å². The highest BCUT2D eigenvalue weighted by molar-refractivity contribution is 6.31. The first-order valence-electron chi connectivity index (χ1n) is 8.01. The minimum Gasteiger partial charge on any atom is -0.339 e. The highest BCUT2D eigenvalue weighted by Crippen LogP contribution is 2.43. The fourth-order valence-corrected chi connectivity index (χ4v) is 2.79. The molecule has 1 aliphatic carbocycles. The molecule has 0 radical (unpaired) electrons. The van der Waals surface area contributed by atoms with Crippen LogP contribution >= 0.6 is 11.6 Å². The highest BCUT2D eigenvalue weighted by atomic mass is 35.5. The molecule has 2 aromatic rings. The van der Waals surface area contributed by atoms with Gasteiger partial charge in [0.2, 0.25) is 0 Å². The number of rotatable bonds is 4. The van der Waals surface area contributed by atoms with Crippen molar-refractivity contribution >= 4 is 17.5 Å². The molecule has 0 atom stereocenters. The Kier molecular flexibility index (Phi) is 4.19. The summed E-state index contributed by atoms with van der Waals surface area (Å²) < 4.78 is 1.88. The number of carbonyl (C=O) groups is 1. The van der Waals surface area contributed by atoms with E-state index < -0.39 is 0 Å². The Morgan fingerprint density at radius 3 is 2.65 bits per heavy atom. The fraction of sp³-hybridized carbons (Fsp3) is 0.444. The summed E-state index contributed by atoms with van der Waals surface area (Å²) in [4.78, 5) is 14.5. The van der Waals surface area contributed by atoms with Gasteiger partial charge in [-0.15, -0.1) is 0 Å². The second kappa shape index (κ2) is 6.00. The lowest BCUT2D eigenvalue weighted by Crippen LogP contribution is -2.33. The summed E-state index contributed by atoms with van der Waals surface area (Å²) in [5, 5.41) is 5.21. The van der Waals surface area contributed by atoms with Crippen molar-refractivity contribution in [2.75, 3.05) is 7.05 Å². The standard InChI is InChI=1S/C18H22ClN3O/c1-11(2)21(4)18(23)15-10-20-22(17(15)13-6-7-13)14-8-5-12(3)16(19)9-14/h5,8-11,13H,6-7H2,1-4H3. The predicted molar refractivity (Wildman–Crippen MR) is 92.5 cm³/mol. The van der Waals surface area contributed by atoms with Crippen molar-refractivity contribution in [3.05, 3.63) is 46.2 Å². The topological polar surface area (TPSA) is 38.1 Å². The summed E-state index contributed by atoms with van der Waals surface area (Å²) in [5.41, 5.74) is 3.67. The van der Waals surface area contributed by atoms with Crippen molar-refractivity contribution in [1.82, 2.24) is 14.7 Å². The summed E-state index contributed by atoms with van der Waals surface area (Å²) >= 11 is 6.26. The molecule has 1 aromatic heterocycles. The number of benzene rings is 1. The summed E-state index contributed by atoms with van der Waals surface area (Å²) in [7, 11) is 1.84. The average molecular weight is 332 g/mol. The van der Waals surface area contributed by atoms with Crippen molar-refractivity contribution in [1.29, 1.82) is 0 Å². The molecule has 1 amide bonds. The Morgan fingerprint density at radius 1 is 1.39 bits per heavy atom. The van der Waals surface area contributed by atoms with E-state index in [1.807, 2.05) is 50.7 Å². The smallest absolute Gasteiger partial charge is 0.257 e. The van der Waals surface area contributed by atoms with Gasteiger partial charge in [0.1, 0.15) is 0 Å². The zero-order valence-corrected chi connectivity index (χ0v) is 14.8. The molecular formula is C18H22ClN3O. The first-order chi connectivity index (χ1) is 10.9. The molecule has 4 nitrogen and oxygen atoms in total. The largest absolute Gasteiger partial charge is 0.339 e. The first-order valence-corrected chi connectivity index (χ1v) is 8.39. The normalized spacial score (nSPS) is 14.3. The van der Waals surface area contributed by atoms with Gasteiger partial charge in [-0.25, -0.2) is 4.68 Å². The molecule has 0 unspecified atom stereocenters. The van der Waals surface area contributed by atoms with Gasteiger partial charge in [0.25, 0.3) is 5.91 Å². The van der Waals surface area contributed by atoms with Crippen LogP contribution in [0.3, 0.4) is 0 Å². The second-order valence-corrected chi connectivity index (χ2v) is 6.98. The first kappa shape index (κ1) is 16.1. The van der Waals surface area contributed by atoms with E-state index in [4.69, 9.17) is 11.6 Å². The van der Waals surface area contributed by atoms with Gasteiger partial charge in [0.15, 0.2) is 0 Å². The van der Waals surface area contributed by atoms with Gasteiger partial charge < -0.3 is 4.90 Å². The molecule has 5 heteroatoms. The molecule has 0 aliphatic heterocycles. The molecule has 1 aliphatic rings. The zero-order valence-electron chi connectivity index (χ0n) is 14.0. The molecule has 0 saturated heterocycles. The van der Waals surface area contributed by atoms with E-state index in [0.717, 1.165) is 29.8 Å². The van der Waals surface area contributed by atoms with Crippen LogP contribution in [-0.2, 0) is 0 Å². The van der Waals surface area contributed by atoms with Crippen LogP contribution in [0.25, 0.3) is 5.69 Å². The number of aromatic nitrogens is 2. The maximum Gasteiger partial charge on any atom is 0.257 e. The number of amides is 1. The maximum absolute atomic E-state index is 12.8. The van der Waals surface area contributed by atoms with Crippen LogP contribution in [0.4, 0.5) is 0 Å². The molecule has 23 heavy (non-hydrogen) atoms. The lowest BCUT2D eigenvalue weighted by atomic mass is 10.1. The highest BCUT2D eigenvalue weighted by Gasteiger charge is 2.34. The Labute approximate surface area is 142 Å². The Hall–Kier alpha value is -1.81. The Balaban J connectivity index is 2.06. The molecule has 122 valence electrons. The van der Waals surface area contributed by atoms with E-state index in [9.17, 15) is 4.79 Å². The molecular weight excluding hydrogens is 310 g/mol. The quantitative estimate of drug-likeness (QED) is 0.842. The number of carbonyl (C=O) groups excluding carboxylic acids is 1. The molecule has 0 spiro atoms. The van der Waals surface area contributed by atoms with Gasteiger partial charge in [-0.2, -0.15) is 5.10 Å². The monoisotopic (exact) mass is 331 g/mol. The van der Waals surface area contributed by atoms with Crippen molar-refractivity contribution in [3.8, 4) is 5.69 Å². The average Bonchev–Trinajstić information content (AvgIpc) is 3.27. The van der Waals surface area contributed by atoms with Crippen LogP contribution in [0, 0.1) is 6.92 Å². The van der Waals surface area contributed by atoms with Crippen molar-refractivity contribution < 1.29 is 4.79 Å². The van der Waals surface area contributed by atoms with Crippen LogP contribution < -0.4 is 0 Å². The Bertz CT molecular complexity index is 747. The van der Waals surface area contributed by atoms with Crippen molar-refractivity contribution in [2.24, 2.45) is 0 Å². The minimum atomic E-state index is 0.0337. The van der Waals surface area contributed by atoms with Gasteiger partial charge in [0, 0.05) is 24.0 Å². The van der Waals surface area contributed by atoms with E-state index in [-0.39, 0.29) is 11.9 Å². The minimum absolute atomic E-state index is 0.0337.